The second-order valence-corrected chi connectivity index (χ2v) is 6.23. The number of nitrogens with two attached hydrogens (primary N) is 1. The van der Waals surface area contributed by atoms with Gasteiger partial charge in [-0.3, -0.25) is 0 Å². The molecule has 1 aromatic heterocycles. The van der Waals surface area contributed by atoms with E-state index in [4.69, 9.17) is 10.2 Å². The lowest BCUT2D eigenvalue weighted by Crippen LogP contribution is -2.33. The number of nitrogens with one attached hydrogen (secondary N) is 1. The van der Waals surface area contributed by atoms with Gasteiger partial charge >= 0.3 is 0 Å². The summed E-state index contributed by atoms with van der Waals surface area (Å²) in [4.78, 5) is 2.16. The molecule has 1 aliphatic carbocycles. The van der Waals surface area contributed by atoms with Crippen LogP contribution in [0.2, 0.25) is 0 Å². The van der Waals surface area contributed by atoms with E-state index in [0.717, 1.165) is 0 Å². The maximum atomic E-state index is 11.9. The highest BCUT2D eigenvalue weighted by molar-refractivity contribution is 7.89. The van der Waals surface area contributed by atoms with Crippen molar-refractivity contribution in [1.82, 2.24) is 9.62 Å². The SMILES string of the molecule is CN(CCNS(=O)(=O)c1ccc(CN)o1)C1CC1. The van der Waals surface area contributed by atoms with Crippen molar-refractivity contribution in [1.29, 1.82) is 0 Å². The Balaban J connectivity index is 1.86. The van der Waals surface area contributed by atoms with Crippen LogP contribution in [0.1, 0.15) is 18.6 Å². The Bertz CT molecular complexity index is 493. The van der Waals surface area contributed by atoms with Gasteiger partial charge < -0.3 is 15.1 Å². The van der Waals surface area contributed by atoms with Crippen LogP contribution in [0.3, 0.4) is 0 Å². The Morgan fingerprint density at radius 2 is 2.22 bits per heavy atom. The van der Waals surface area contributed by atoms with Crippen LogP contribution >= 0.6 is 0 Å². The Labute approximate surface area is 107 Å². The zero-order valence-corrected chi connectivity index (χ0v) is 11.2. The van der Waals surface area contributed by atoms with Crippen molar-refractivity contribution in [2.24, 2.45) is 5.73 Å². The first kappa shape index (κ1) is 13.5. The molecule has 0 amide bonds. The summed E-state index contributed by atoms with van der Waals surface area (Å²) in [5.41, 5.74) is 5.37. The summed E-state index contributed by atoms with van der Waals surface area (Å²) in [6, 6.07) is 3.63. The first-order valence-corrected chi connectivity index (χ1v) is 7.50. The predicted molar refractivity (Wildman–Crippen MR) is 67.4 cm³/mol. The van der Waals surface area contributed by atoms with E-state index in [1.54, 1.807) is 6.07 Å². The van der Waals surface area contributed by atoms with Crippen molar-refractivity contribution < 1.29 is 12.8 Å². The third-order valence-electron chi connectivity index (χ3n) is 3.03. The topological polar surface area (TPSA) is 88.6 Å². The molecule has 18 heavy (non-hydrogen) atoms. The summed E-state index contributed by atoms with van der Waals surface area (Å²) >= 11 is 0. The Morgan fingerprint density at radius 1 is 1.50 bits per heavy atom. The van der Waals surface area contributed by atoms with Crippen LogP contribution in [0, 0.1) is 0 Å². The fraction of sp³-hybridized carbons (Fsp3) is 0.636. The van der Waals surface area contributed by atoms with Crippen molar-refractivity contribution in [2.45, 2.75) is 30.5 Å². The molecule has 0 bridgehead atoms. The number of hydrogen-bond donors (Lipinski definition) is 2. The Morgan fingerprint density at radius 3 is 2.78 bits per heavy atom. The van der Waals surface area contributed by atoms with Gasteiger partial charge in [0.1, 0.15) is 5.76 Å². The molecule has 102 valence electrons. The number of hydrogen-bond acceptors (Lipinski definition) is 5. The molecule has 1 aliphatic rings. The van der Waals surface area contributed by atoms with E-state index in [0.29, 0.717) is 24.9 Å². The van der Waals surface area contributed by atoms with Crippen LogP contribution < -0.4 is 10.5 Å². The molecule has 1 fully saturated rings. The highest BCUT2D eigenvalue weighted by Gasteiger charge is 2.26. The molecule has 1 aromatic rings. The molecule has 7 heteroatoms. The van der Waals surface area contributed by atoms with Crippen LogP contribution in [0.25, 0.3) is 0 Å². The second-order valence-electron chi connectivity index (χ2n) is 4.53. The minimum atomic E-state index is -3.55. The van der Waals surface area contributed by atoms with Crippen LogP contribution in [0.5, 0.6) is 0 Å². The maximum Gasteiger partial charge on any atom is 0.274 e. The highest BCUT2D eigenvalue weighted by atomic mass is 32.2. The average Bonchev–Trinajstić information content (AvgIpc) is 3.06. The smallest absolute Gasteiger partial charge is 0.274 e. The van der Waals surface area contributed by atoms with E-state index < -0.39 is 10.0 Å². The molecule has 0 radical (unpaired) electrons. The lowest BCUT2D eigenvalue weighted by Gasteiger charge is -2.15. The van der Waals surface area contributed by atoms with E-state index in [1.807, 2.05) is 7.05 Å². The fourth-order valence-electron chi connectivity index (χ4n) is 1.74. The van der Waals surface area contributed by atoms with Gasteiger partial charge in [-0.05, 0) is 32.0 Å². The van der Waals surface area contributed by atoms with E-state index in [9.17, 15) is 8.42 Å². The summed E-state index contributed by atoms with van der Waals surface area (Å²) in [6.07, 6.45) is 2.42. The van der Waals surface area contributed by atoms with Crippen LogP contribution in [-0.2, 0) is 16.6 Å². The lowest BCUT2D eigenvalue weighted by atomic mass is 10.5. The summed E-state index contributed by atoms with van der Waals surface area (Å²) < 4.78 is 31.4. The first-order valence-electron chi connectivity index (χ1n) is 6.01. The summed E-state index contributed by atoms with van der Waals surface area (Å²) in [6.45, 7) is 1.28. The average molecular weight is 273 g/mol. The number of furan rings is 1. The largest absolute Gasteiger partial charge is 0.447 e. The highest BCUT2D eigenvalue weighted by Crippen LogP contribution is 2.24. The van der Waals surface area contributed by atoms with Gasteiger partial charge in [-0.25, -0.2) is 13.1 Å². The Hall–Kier alpha value is -0.890. The standard InChI is InChI=1S/C11H19N3O3S/c1-14(9-2-3-9)7-6-13-18(15,16)11-5-4-10(8-12)17-11/h4-5,9,13H,2-3,6-8,12H2,1H3. The van der Waals surface area contributed by atoms with Gasteiger partial charge in [-0.15, -0.1) is 0 Å². The summed E-state index contributed by atoms with van der Waals surface area (Å²) in [7, 11) is -1.54. The molecule has 0 aromatic carbocycles. The van der Waals surface area contributed by atoms with Crippen molar-refractivity contribution >= 4 is 10.0 Å². The molecule has 0 spiro atoms. The van der Waals surface area contributed by atoms with Crippen LogP contribution in [-0.4, -0.2) is 39.5 Å². The zero-order chi connectivity index (χ0) is 13.2. The molecule has 1 heterocycles. The third kappa shape index (κ3) is 3.32. The monoisotopic (exact) mass is 273 g/mol. The minimum absolute atomic E-state index is 0.0722. The molecule has 0 aliphatic heterocycles. The summed E-state index contributed by atoms with van der Waals surface area (Å²) in [5, 5.41) is -0.0722. The molecule has 0 atom stereocenters. The van der Waals surface area contributed by atoms with Gasteiger partial charge in [0.25, 0.3) is 10.0 Å². The minimum Gasteiger partial charge on any atom is -0.447 e. The molecule has 0 saturated heterocycles. The summed E-state index contributed by atoms with van der Waals surface area (Å²) in [5.74, 6) is 0.463. The van der Waals surface area contributed by atoms with E-state index >= 15 is 0 Å². The van der Waals surface area contributed by atoms with Crippen molar-refractivity contribution in [3.8, 4) is 0 Å². The van der Waals surface area contributed by atoms with Gasteiger partial charge in [0.2, 0.25) is 5.09 Å². The maximum absolute atomic E-state index is 11.9. The molecular weight excluding hydrogens is 254 g/mol. The van der Waals surface area contributed by atoms with Crippen molar-refractivity contribution in [3.63, 3.8) is 0 Å². The molecule has 3 N–H and O–H groups in total. The fourth-order valence-corrected chi connectivity index (χ4v) is 2.70. The number of nitrogens with zero attached hydrogens (tertiary/aromatic N) is 1. The van der Waals surface area contributed by atoms with Crippen LogP contribution in [0.15, 0.2) is 21.6 Å². The predicted octanol–water partition coefficient (Wildman–Crippen LogP) is 0.111. The van der Waals surface area contributed by atoms with Gasteiger partial charge in [0, 0.05) is 19.1 Å². The zero-order valence-electron chi connectivity index (χ0n) is 10.4. The van der Waals surface area contributed by atoms with E-state index in [1.165, 1.54) is 18.9 Å². The normalized spacial score (nSPS) is 16.4. The number of likely N-dealkylation sites (N-methyl/N-ethyl adjacent to an activating group) is 1. The molecule has 0 unspecified atom stereocenters. The first-order chi connectivity index (χ1) is 8.53. The molecular formula is C11H19N3O3S. The Kier molecular flexibility index (Phi) is 4.06. The van der Waals surface area contributed by atoms with Gasteiger partial charge in [-0.2, -0.15) is 0 Å². The van der Waals surface area contributed by atoms with E-state index in [-0.39, 0.29) is 11.6 Å². The number of rotatable bonds is 7. The second kappa shape index (κ2) is 5.40. The molecule has 2 rings (SSSR count). The van der Waals surface area contributed by atoms with Gasteiger partial charge in [0.05, 0.1) is 6.54 Å². The van der Waals surface area contributed by atoms with Crippen molar-refractivity contribution in [3.05, 3.63) is 17.9 Å². The van der Waals surface area contributed by atoms with Gasteiger partial charge in [0.15, 0.2) is 0 Å². The molecule has 6 nitrogen and oxygen atoms in total. The van der Waals surface area contributed by atoms with Crippen LogP contribution in [0.4, 0.5) is 0 Å². The van der Waals surface area contributed by atoms with E-state index in [2.05, 4.69) is 9.62 Å². The van der Waals surface area contributed by atoms with Gasteiger partial charge in [-0.1, -0.05) is 0 Å². The quantitative estimate of drug-likeness (QED) is 0.736. The lowest BCUT2D eigenvalue weighted by molar-refractivity contribution is 0.328. The third-order valence-corrected chi connectivity index (χ3v) is 4.36. The number of sulfonamides is 1. The molecule has 1 saturated carbocycles. The van der Waals surface area contributed by atoms with Crippen molar-refractivity contribution in [2.75, 3.05) is 20.1 Å².